The van der Waals surface area contributed by atoms with Crippen LogP contribution in [0.25, 0.3) is 0 Å². The van der Waals surface area contributed by atoms with Crippen LogP contribution in [0, 0.1) is 11.3 Å². The normalized spacial score (nSPS) is 45.0. The van der Waals surface area contributed by atoms with Gasteiger partial charge in [0.15, 0.2) is 0 Å². The Morgan fingerprint density at radius 2 is 2.22 bits per heavy atom. The maximum Gasteiger partial charge on any atom is 0.323 e. The molecule has 3 rings (SSSR count). The van der Waals surface area contributed by atoms with Crippen LogP contribution in [0.15, 0.2) is 0 Å². The molecule has 18 heavy (non-hydrogen) atoms. The Hall–Kier alpha value is -1.43. The molecule has 6 nitrogen and oxygen atoms in total. The van der Waals surface area contributed by atoms with E-state index in [0.717, 1.165) is 0 Å². The Morgan fingerprint density at radius 3 is 2.89 bits per heavy atom. The Morgan fingerprint density at radius 1 is 1.50 bits per heavy atom. The van der Waals surface area contributed by atoms with Crippen LogP contribution in [0.1, 0.15) is 26.7 Å². The predicted molar refractivity (Wildman–Crippen MR) is 56.2 cm³/mol. The van der Waals surface area contributed by atoms with E-state index in [2.05, 4.69) is 0 Å². The van der Waals surface area contributed by atoms with Crippen LogP contribution in [-0.4, -0.2) is 36.2 Å². The Kier molecular flexibility index (Phi) is 2.15. The van der Waals surface area contributed by atoms with Crippen molar-refractivity contribution < 1.29 is 28.6 Å². The minimum Gasteiger partial charge on any atom is -0.463 e. The van der Waals surface area contributed by atoms with E-state index in [1.165, 1.54) is 6.92 Å². The zero-order valence-corrected chi connectivity index (χ0v) is 10.2. The van der Waals surface area contributed by atoms with E-state index < -0.39 is 34.8 Å². The van der Waals surface area contributed by atoms with Crippen LogP contribution in [0.2, 0.25) is 0 Å². The summed E-state index contributed by atoms with van der Waals surface area (Å²) in [5.41, 5.74) is -1.93. The molecule has 0 aromatic rings. The van der Waals surface area contributed by atoms with E-state index in [1.54, 1.807) is 6.92 Å². The van der Waals surface area contributed by atoms with Gasteiger partial charge in [0, 0.05) is 6.92 Å². The van der Waals surface area contributed by atoms with E-state index in [9.17, 15) is 14.4 Å². The highest BCUT2D eigenvalue weighted by atomic mass is 16.6. The highest BCUT2D eigenvalue weighted by Crippen LogP contribution is 2.62. The number of rotatable bonds is 2. The molecule has 0 amide bonds. The number of hydrogen-bond acceptors (Lipinski definition) is 6. The third-order valence-corrected chi connectivity index (χ3v) is 4.53. The van der Waals surface area contributed by atoms with Crippen molar-refractivity contribution in [3.8, 4) is 0 Å². The van der Waals surface area contributed by atoms with Gasteiger partial charge in [-0.05, 0) is 19.8 Å². The second-order valence-corrected chi connectivity index (χ2v) is 5.36. The largest absolute Gasteiger partial charge is 0.463 e. The van der Waals surface area contributed by atoms with Gasteiger partial charge in [-0.2, -0.15) is 0 Å². The second-order valence-electron chi connectivity index (χ2n) is 5.36. The smallest absolute Gasteiger partial charge is 0.323 e. The fraction of sp³-hybridized carbons (Fsp3) is 0.750. The molecule has 98 valence electrons. The number of carbonyl (C=O) groups is 3. The lowest BCUT2D eigenvalue weighted by molar-refractivity contribution is -0.171. The molecule has 4 unspecified atom stereocenters. The fourth-order valence-electron chi connectivity index (χ4n) is 3.49. The molecule has 0 aliphatic carbocycles. The summed E-state index contributed by atoms with van der Waals surface area (Å²) >= 11 is 0. The van der Waals surface area contributed by atoms with E-state index in [1.807, 2.05) is 0 Å². The van der Waals surface area contributed by atoms with Gasteiger partial charge in [-0.1, -0.05) is 0 Å². The summed E-state index contributed by atoms with van der Waals surface area (Å²) in [6, 6.07) is 0. The highest BCUT2D eigenvalue weighted by molar-refractivity contribution is 6.01. The summed E-state index contributed by atoms with van der Waals surface area (Å²) in [5.74, 6) is -2.07. The lowest BCUT2D eigenvalue weighted by Crippen LogP contribution is -2.53. The molecule has 0 spiro atoms. The Labute approximate surface area is 104 Å². The van der Waals surface area contributed by atoms with Gasteiger partial charge in [0.05, 0.1) is 6.10 Å². The molecule has 0 saturated carbocycles. The van der Waals surface area contributed by atoms with Crippen molar-refractivity contribution in [2.75, 3.05) is 6.61 Å². The molecule has 3 fully saturated rings. The molecule has 3 aliphatic heterocycles. The molecule has 0 aromatic heterocycles. The first-order valence-electron chi connectivity index (χ1n) is 5.98. The molecule has 0 radical (unpaired) electrons. The van der Waals surface area contributed by atoms with Crippen LogP contribution < -0.4 is 0 Å². The quantitative estimate of drug-likeness (QED) is 0.517. The van der Waals surface area contributed by atoms with Gasteiger partial charge >= 0.3 is 17.9 Å². The van der Waals surface area contributed by atoms with Crippen molar-refractivity contribution in [3.05, 3.63) is 0 Å². The van der Waals surface area contributed by atoms with Crippen molar-refractivity contribution in [3.63, 3.8) is 0 Å². The first-order chi connectivity index (χ1) is 8.41. The SMILES string of the molecule is CC(=O)OCC12CCC(O1)C1C(=O)OC(=O)C12C. The predicted octanol–water partition coefficient (Wildman–Crippen LogP) is 0.187. The monoisotopic (exact) mass is 254 g/mol. The van der Waals surface area contributed by atoms with Crippen LogP contribution in [0.3, 0.4) is 0 Å². The minimum atomic E-state index is -1.03. The van der Waals surface area contributed by atoms with Crippen LogP contribution in [0.4, 0.5) is 0 Å². The van der Waals surface area contributed by atoms with Gasteiger partial charge in [0.1, 0.15) is 23.5 Å². The topological polar surface area (TPSA) is 78.9 Å². The lowest BCUT2D eigenvalue weighted by Gasteiger charge is -2.37. The van der Waals surface area contributed by atoms with Crippen molar-refractivity contribution in [1.29, 1.82) is 0 Å². The summed E-state index contributed by atoms with van der Waals surface area (Å²) in [6.07, 6.45) is 0.981. The number of ether oxygens (including phenoxy) is 3. The van der Waals surface area contributed by atoms with E-state index in [4.69, 9.17) is 14.2 Å². The summed E-state index contributed by atoms with van der Waals surface area (Å²) in [4.78, 5) is 34.6. The van der Waals surface area contributed by atoms with Gasteiger partial charge in [0.2, 0.25) is 0 Å². The van der Waals surface area contributed by atoms with Gasteiger partial charge in [-0.15, -0.1) is 0 Å². The first kappa shape index (κ1) is 11.6. The standard InChI is InChI=1S/C12H14O6/c1-6(13)16-5-12-4-3-7(18-12)8-9(14)17-10(15)11(8,12)2/h7-8H,3-5H2,1-2H3. The Balaban J connectivity index is 1.98. The average Bonchev–Trinajstić information content (AvgIpc) is 2.87. The third kappa shape index (κ3) is 1.14. The third-order valence-electron chi connectivity index (χ3n) is 4.53. The number of esters is 3. The number of carbonyl (C=O) groups excluding carboxylic acids is 3. The molecule has 3 aliphatic rings. The summed E-state index contributed by atoms with van der Waals surface area (Å²) < 4.78 is 15.6. The molecule has 4 atom stereocenters. The van der Waals surface area contributed by atoms with E-state index >= 15 is 0 Å². The molecule has 3 saturated heterocycles. The minimum absolute atomic E-state index is 0.00574. The Bertz CT molecular complexity index is 457. The van der Waals surface area contributed by atoms with Gasteiger partial charge in [0.25, 0.3) is 0 Å². The molecule has 2 bridgehead atoms. The van der Waals surface area contributed by atoms with Crippen LogP contribution in [0.5, 0.6) is 0 Å². The maximum atomic E-state index is 12.0. The van der Waals surface area contributed by atoms with Crippen molar-refractivity contribution in [2.24, 2.45) is 11.3 Å². The number of hydrogen-bond donors (Lipinski definition) is 0. The molecule has 6 heteroatoms. The summed E-state index contributed by atoms with van der Waals surface area (Å²) in [5, 5.41) is 0. The number of fused-ring (bicyclic) bond motifs is 5. The number of cyclic esters (lactones) is 2. The summed E-state index contributed by atoms with van der Waals surface area (Å²) in [7, 11) is 0. The van der Waals surface area contributed by atoms with E-state index in [0.29, 0.717) is 12.8 Å². The average molecular weight is 254 g/mol. The lowest BCUT2D eigenvalue weighted by atomic mass is 9.62. The van der Waals surface area contributed by atoms with Gasteiger partial charge < -0.3 is 14.2 Å². The summed E-state index contributed by atoms with van der Waals surface area (Å²) in [6.45, 7) is 2.97. The molecule has 0 N–H and O–H groups in total. The first-order valence-corrected chi connectivity index (χ1v) is 5.98. The zero-order valence-electron chi connectivity index (χ0n) is 10.2. The maximum absolute atomic E-state index is 12.0. The van der Waals surface area contributed by atoms with Crippen LogP contribution >= 0.6 is 0 Å². The fourth-order valence-corrected chi connectivity index (χ4v) is 3.49. The van der Waals surface area contributed by atoms with Gasteiger partial charge in [-0.25, -0.2) is 0 Å². The second kappa shape index (κ2) is 3.32. The highest BCUT2D eigenvalue weighted by Gasteiger charge is 2.76. The van der Waals surface area contributed by atoms with Gasteiger partial charge in [-0.3, -0.25) is 14.4 Å². The van der Waals surface area contributed by atoms with Crippen LogP contribution in [-0.2, 0) is 28.6 Å². The molecular weight excluding hydrogens is 240 g/mol. The van der Waals surface area contributed by atoms with Crippen molar-refractivity contribution in [2.45, 2.75) is 38.4 Å². The molecular formula is C12H14O6. The zero-order chi connectivity index (χ0) is 13.1. The van der Waals surface area contributed by atoms with Crippen molar-refractivity contribution in [1.82, 2.24) is 0 Å². The van der Waals surface area contributed by atoms with Crippen molar-refractivity contribution >= 4 is 17.9 Å². The van der Waals surface area contributed by atoms with E-state index in [-0.39, 0.29) is 12.7 Å². The molecule has 3 heterocycles. The molecule has 0 aromatic carbocycles.